The first kappa shape index (κ1) is 31.3. The molecule has 0 spiro atoms. The summed E-state index contributed by atoms with van der Waals surface area (Å²) in [4.78, 5) is 6.35. The molecule has 9 heteroatoms. The average Bonchev–Trinajstić information content (AvgIpc) is 3.00. The Bertz CT molecular complexity index is 1660. The Morgan fingerprint density at radius 1 is 0.705 bits per heavy atom. The molecule has 0 aromatic heterocycles. The molecule has 0 N–H and O–H groups in total. The molecule has 2 nitrogen and oxygen atoms in total. The molecule has 5 aromatic carbocycles. The molecule has 0 bridgehead atoms. The number of ether oxygens (including phenoxy) is 1. The molecule has 0 aliphatic heterocycles. The second kappa shape index (κ2) is 14.1. The Morgan fingerprint density at radius 2 is 1.25 bits per heavy atom. The zero-order chi connectivity index (χ0) is 31.1. The molecule has 0 heterocycles. The van der Waals surface area contributed by atoms with Crippen molar-refractivity contribution < 1.29 is 26.7 Å². The van der Waals surface area contributed by atoms with Crippen LogP contribution in [-0.2, 0) is 6.18 Å². The second-order valence-electron chi connectivity index (χ2n) is 9.77. The summed E-state index contributed by atoms with van der Waals surface area (Å²) in [6, 6.07) is 32.2. The number of halogens is 5. The third kappa shape index (κ3) is 8.74. The molecule has 44 heavy (non-hydrogen) atoms. The number of rotatable bonds is 9. The summed E-state index contributed by atoms with van der Waals surface area (Å²) in [5, 5.41) is 0. The van der Waals surface area contributed by atoms with E-state index < -0.39 is 11.7 Å². The quantitative estimate of drug-likeness (QED) is 0.0529. The number of hydrogen-bond acceptors (Lipinski definition) is 4. The SMILES string of the molecule is Cc1ccccc1-c1ccc(N=C(CC(Sc2ccc(F)cc2)Sc2ccc(F)cc2)Oc2ccc(C(F)(F)F)cc2)cc1. The minimum absolute atomic E-state index is 0.200. The van der Waals surface area contributed by atoms with E-state index in [0.29, 0.717) is 5.69 Å². The molecule has 0 fully saturated rings. The van der Waals surface area contributed by atoms with Gasteiger partial charge in [0.1, 0.15) is 17.4 Å². The Labute approximate surface area is 261 Å². The van der Waals surface area contributed by atoms with Gasteiger partial charge in [-0.25, -0.2) is 13.8 Å². The smallest absolute Gasteiger partial charge is 0.416 e. The van der Waals surface area contributed by atoms with Crippen LogP contribution in [0.1, 0.15) is 17.5 Å². The van der Waals surface area contributed by atoms with Crippen molar-refractivity contribution in [2.75, 3.05) is 0 Å². The molecular weight excluding hydrogens is 610 g/mol. The van der Waals surface area contributed by atoms with Gasteiger partial charge in [0.25, 0.3) is 0 Å². The molecule has 5 rings (SSSR count). The van der Waals surface area contributed by atoms with Crippen LogP contribution in [0.25, 0.3) is 11.1 Å². The lowest BCUT2D eigenvalue weighted by molar-refractivity contribution is -0.137. The highest BCUT2D eigenvalue weighted by molar-refractivity contribution is 8.17. The summed E-state index contributed by atoms with van der Waals surface area (Å²) in [7, 11) is 0. The lowest BCUT2D eigenvalue weighted by atomic mass is 10.0. The lowest BCUT2D eigenvalue weighted by Crippen LogP contribution is -2.15. The van der Waals surface area contributed by atoms with E-state index in [1.54, 1.807) is 24.3 Å². The summed E-state index contributed by atoms with van der Waals surface area (Å²) in [6.07, 6.45) is -4.23. The Kier molecular flexibility index (Phi) is 10.1. The number of benzene rings is 5. The van der Waals surface area contributed by atoms with Crippen molar-refractivity contribution in [3.8, 4) is 16.9 Å². The van der Waals surface area contributed by atoms with Crippen LogP contribution in [-0.4, -0.2) is 10.5 Å². The number of thioether (sulfide) groups is 2. The van der Waals surface area contributed by atoms with Crippen LogP contribution in [0.3, 0.4) is 0 Å². The molecular formula is C35H26F5NOS2. The van der Waals surface area contributed by atoms with Gasteiger partial charge < -0.3 is 4.74 Å². The molecule has 0 aliphatic carbocycles. The number of alkyl halides is 3. The first-order valence-corrected chi connectivity index (χ1v) is 15.3. The predicted molar refractivity (Wildman–Crippen MR) is 169 cm³/mol. The fraction of sp³-hybridized carbons (Fsp3) is 0.114. The van der Waals surface area contributed by atoms with Crippen molar-refractivity contribution in [1.29, 1.82) is 0 Å². The van der Waals surface area contributed by atoms with Crippen LogP contribution in [0.4, 0.5) is 27.6 Å². The molecule has 0 atom stereocenters. The van der Waals surface area contributed by atoms with Gasteiger partial charge in [0.15, 0.2) is 5.90 Å². The van der Waals surface area contributed by atoms with E-state index in [0.717, 1.165) is 38.6 Å². The third-order valence-electron chi connectivity index (χ3n) is 6.50. The fourth-order valence-electron chi connectivity index (χ4n) is 4.29. The van der Waals surface area contributed by atoms with Crippen LogP contribution in [0.5, 0.6) is 5.75 Å². The third-order valence-corrected chi connectivity index (χ3v) is 9.02. The molecule has 0 saturated heterocycles. The van der Waals surface area contributed by atoms with Gasteiger partial charge in [0.05, 0.1) is 15.8 Å². The minimum Gasteiger partial charge on any atom is -0.443 e. The number of nitrogens with zero attached hydrogens (tertiary/aromatic N) is 1. The van der Waals surface area contributed by atoms with E-state index in [1.807, 2.05) is 55.5 Å². The molecule has 0 aliphatic rings. The maximum absolute atomic E-state index is 13.6. The summed E-state index contributed by atoms with van der Waals surface area (Å²) in [6.45, 7) is 2.04. The molecule has 5 aromatic rings. The van der Waals surface area contributed by atoms with E-state index in [1.165, 1.54) is 59.9 Å². The summed E-state index contributed by atoms with van der Waals surface area (Å²) < 4.78 is 72.5. The van der Waals surface area contributed by atoms with Gasteiger partial charge in [-0.1, -0.05) is 36.4 Å². The van der Waals surface area contributed by atoms with Crippen LogP contribution in [0.15, 0.2) is 136 Å². The topological polar surface area (TPSA) is 21.6 Å². The number of aliphatic imine (C=N–C) groups is 1. The van der Waals surface area contributed by atoms with Crippen molar-refractivity contribution in [2.24, 2.45) is 4.99 Å². The predicted octanol–water partition coefficient (Wildman–Crippen LogP) is 11.4. The van der Waals surface area contributed by atoms with Crippen molar-refractivity contribution >= 4 is 35.1 Å². The second-order valence-corrected chi connectivity index (χ2v) is 12.6. The monoisotopic (exact) mass is 635 g/mol. The highest BCUT2D eigenvalue weighted by Crippen LogP contribution is 2.39. The van der Waals surface area contributed by atoms with E-state index in [9.17, 15) is 22.0 Å². The van der Waals surface area contributed by atoms with Crippen molar-refractivity contribution in [2.45, 2.75) is 33.9 Å². The van der Waals surface area contributed by atoms with Gasteiger partial charge >= 0.3 is 6.18 Å². The van der Waals surface area contributed by atoms with Crippen LogP contribution in [0, 0.1) is 18.6 Å². The molecule has 0 radical (unpaired) electrons. The van der Waals surface area contributed by atoms with Crippen molar-refractivity contribution in [1.82, 2.24) is 0 Å². The van der Waals surface area contributed by atoms with Gasteiger partial charge in [-0.05, 0) is 109 Å². The zero-order valence-electron chi connectivity index (χ0n) is 23.4. The van der Waals surface area contributed by atoms with Gasteiger partial charge in [0.2, 0.25) is 0 Å². The van der Waals surface area contributed by atoms with Crippen LogP contribution < -0.4 is 4.74 Å². The maximum Gasteiger partial charge on any atom is 0.416 e. The van der Waals surface area contributed by atoms with Crippen LogP contribution >= 0.6 is 23.5 Å². The Balaban J connectivity index is 1.47. The molecule has 0 saturated carbocycles. The van der Waals surface area contributed by atoms with Gasteiger partial charge in [0, 0.05) is 16.2 Å². The Hall–Kier alpha value is -4.08. The normalized spacial score (nSPS) is 12.0. The number of aryl methyl sites for hydroxylation is 1. The van der Waals surface area contributed by atoms with Crippen molar-refractivity contribution in [3.63, 3.8) is 0 Å². The lowest BCUT2D eigenvalue weighted by Gasteiger charge is -2.18. The van der Waals surface area contributed by atoms with Crippen LogP contribution in [0.2, 0.25) is 0 Å². The first-order valence-electron chi connectivity index (χ1n) is 13.6. The standard InChI is InChI=1S/C35H26F5NOS2/c1-23-4-2-3-5-32(23)24-6-14-28(15-7-24)41-33(42-29-16-8-25(9-17-29)35(38,39)40)22-34(43-30-18-10-26(36)11-19-30)44-31-20-12-27(37)13-21-31/h2-21,34H,22H2,1H3. The van der Waals surface area contributed by atoms with Gasteiger partial charge in [-0.3, -0.25) is 0 Å². The molecule has 0 unspecified atom stereocenters. The molecule has 0 amide bonds. The summed E-state index contributed by atoms with van der Waals surface area (Å²) in [5.41, 5.74) is 3.06. The summed E-state index contributed by atoms with van der Waals surface area (Å²) >= 11 is 2.89. The summed E-state index contributed by atoms with van der Waals surface area (Å²) in [5.74, 6) is -0.258. The minimum atomic E-state index is -4.48. The van der Waals surface area contributed by atoms with E-state index in [-0.39, 0.29) is 34.3 Å². The first-order chi connectivity index (χ1) is 21.1. The highest BCUT2D eigenvalue weighted by Gasteiger charge is 2.30. The molecule has 224 valence electrons. The Morgan fingerprint density at radius 3 is 1.77 bits per heavy atom. The highest BCUT2D eigenvalue weighted by atomic mass is 32.2. The average molecular weight is 636 g/mol. The van der Waals surface area contributed by atoms with E-state index >= 15 is 0 Å². The number of hydrogen-bond donors (Lipinski definition) is 0. The van der Waals surface area contributed by atoms with E-state index in [4.69, 9.17) is 9.73 Å². The maximum atomic E-state index is 13.6. The van der Waals surface area contributed by atoms with E-state index in [2.05, 4.69) is 0 Å². The largest absolute Gasteiger partial charge is 0.443 e. The zero-order valence-corrected chi connectivity index (χ0v) is 25.0. The van der Waals surface area contributed by atoms with Gasteiger partial charge in [-0.15, -0.1) is 23.5 Å². The van der Waals surface area contributed by atoms with Gasteiger partial charge in [-0.2, -0.15) is 13.2 Å². The van der Waals surface area contributed by atoms with Crippen molar-refractivity contribution in [3.05, 3.63) is 144 Å². The fourth-order valence-corrected chi connectivity index (χ4v) is 6.80.